The third-order valence-electron chi connectivity index (χ3n) is 3.26. The maximum atomic E-state index is 13.2. The number of nitrogens with zero attached hydrogens (tertiary/aromatic N) is 1. The van der Waals surface area contributed by atoms with Gasteiger partial charge < -0.3 is 15.2 Å². The van der Waals surface area contributed by atoms with Gasteiger partial charge in [0, 0.05) is 12.2 Å². The highest BCUT2D eigenvalue weighted by atomic mass is 19.4. The van der Waals surface area contributed by atoms with Crippen LogP contribution < -0.4 is 10.1 Å². The summed E-state index contributed by atoms with van der Waals surface area (Å²) in [4.78, 5) is 0. The Morgan fingerprint density at radius 3 is 2.58 bits per heavy atom. The van der Waals surface area contributed by atoms with Crippen LogP contribution in [0.3, 0.4) is 0 Å². The molecule has 2 N–H and O–H groups in total. The van der Waals surface area contributed by atoms with Gasteiger partial charge in [-0.2, -0.15) is 18.4 Å². The minimum absolute atomic E-state index is 0.0272. The van der Waals surface area contributed by atoms with Crippen molar-refractivity contribution < 1.29 is 23.0 Å². The van der Waals surface area contributed by atoms with E-state index in [4.69, 9.17) is 15.1 Å². The number of ether oxygens (including phenoxy) is 1. The Kier molecular flexibility index (Phi) is 5.66. The van der Waals surface area contributed by atoms with Crippen LogP contribution in [0, 0.1) is 11.3 Å². The summed E-state index contributed by atoms with van der Waals surface area (Å²) in [6.45, 7) is -0.282. The Morgan fingerprint density at radius 1 is 1.17 bits per heavy atom. The largest absolute Gasteiger partial charge is 0.491 e. The first-order valence-electron chi connectivity index (χ1n) is 7.12. The molecule has 0 aliphatic carbocycles. The molecule has 0 saturated carbocycles. The molecule has 0 spiro atoms. The highest BCUT2D eigenvalue weighted by Crippen LogP contribution is 2.37. The van der Waals surface area contributed by atoms with Crippen molar-refractivity contribution in [2.24, 2.45) is 0 Å². The normalized spacial score (nSPS) is 11.0. The third kappa shape index (κ3) is 4.40. The number of aliphatic hydroxyl groups is 1. The molecule has 2 aromatic rings. The minimum Gasteiger partial charge on any atom is -0.491 e. The molecule has 2 rings (SSSR count). The SMILES string of the molecule is N#Cc1ccccc1CNc1ccc(OCCO)cc1C(F)(F)F. The van der Waals surface area contributed by atoms with Crippen LogP contribution >= 0.6 is 0 Å². The van der Waals surface area contributed by atoms with Crippen molar-refractivity contribution in [3.8, 4) is 11.8 Å². The van der Waals surface area contributed by atoms with Gasteiger partial charge in [0.2, 0.25) is 0 Å². The summed E-state index contributed by atoms with van der Waals surface area (Å²) in [5.41, 5.74) is 0.0363. The van der Waals surface area contributed by atoms with E-state index in [2.05, 4.69) is 5.32 Å². The molecular weight excluding hydrogens is 321 g/mol. The van der Waals surface area contributed by atoms with E-state index in [1.807, 2.05) is 6.07 Å². The molecule has 7 heteroatoms. The van der Waals surface area contributed by atoms with Crippen molar-refractivity contribution >= 4 is 5.69 Å². The molecule has 0 aliphatic heterocycles. The third-order valence-corrected chi connectivity index (χ3v) is 3.26. The molecule has 0 heterocycles. The molecule has 0 amide bonds. The van der Waals surface area contributed by atoms with Crippen molar-refractivity contribution in [1.82, 2.24) is 0 Å². The Balaban J connectivity index is 2.24. The van der Waals surface area contributed by atoms with E-state index in [0.717, 1.165) is 6.07 Å². The van der Waals surface area contributed by atoms with Crippen LogP contribution in [-0.2, 0) is 12.7 Å². The summed E-state index contributed by atoms with van der Waals surface area (Å²) in [6, 6.07) is 12.2. The zero-order valence-corrected chi connectivity index (χ0v) is 12.6. The summed E-state index contributed by atoms with van der Waals surface area (Å²) < 4.78 is 44.7. The van der Waals surface area contributed by atoms with Crippen molar-refractivity contribution in [3.05, 3.63) is 59.2 Å². The van der Waals surface area contributed by atoms with Gasteiger partial charge in [0.25, 0.3) is 0 Å². The van der Waals surface area contributed by atoms with E-state index in [1.165, 1.54) is 12.1 Å². The Hall–Kier alpha value is -2.72. The van der Waals surface area contributed by atoms with Crippen LogP contribution in [0.4, 0.5) is 18.9 Å². The van der Waals surface area contributed by atoms with E-state index in [1.54, 1.807) is 24.3 Å². The zero-order valence-electron chi connectivity index (χ0n) is 12.6. The minimum atomic E-state index is -4.56. The molecule has 4 nitrogen and oxygen atoms in total. The zero-order chi connectivity index (χ0) is 17.6. The van der Waals surface area contributed by atoms with Crippen LogP contribution in [0.2, 0.25) is 0 Å². The van der Waals surface area contributed by atoms with Gasteiger partial charge in [-0.25, -0.2) is 0 Å². The van der Waals surface area contributed by atoms with Gasteiger partial charge in [-0.3, -0.25) is 0 Å². The van der Waals surface area contributed by atoms with Crippen LogP contribution in [0.25, 0.3) is 0 Å². The number of hydrogen-bond acceptors (Lipinski definition) is 4. The van der Waals surface area contributed by atoms with Gasteiger partial charge in [0.1, 0.15) is 12.4 Å². The molecular formula is C17H15F3N2O2. The smallest absolute Gasteiger partial charge is 0.418 e. The number of nitrogens with one attached hydrogen (secondary N) is 1. The Labute approximate surface area is 137 Å². The number of rotatable bonds is 6. The lowest BCUT2D eigenvalue weighted by Gasteiger charge is -2.16. The van der Waals surface area contributed by atoms with Gasteiger partial charge in [0.15, 0.2) is 0 Å². The summed E-state index contributed by atoms with van der Waals surface area (Å²) in [5.74, 6) is 0.0272. The molecule has 0 atom stereocenters. The lowest BCUT2D eigenvalue weighted by molar-refractivity contribution is -0.137. The molecule has 0 saturated heterocycles. The van der Waals surface area contributed by atoms with Crippen molar-refractivity contribution in [2.75, 3.05) is 18.5 Å². The number of hydrogen-bond donors (Lipinski definition) is 2. The van der Waals surface area contributed by atoms with Gasteiger partial charge in [-0.15, -0.1) is 0 Å². The van der Waals surface area contributed by atoms with Gasteiger partial charge in [0.05, 0.1) is 23.8 Å². The van der Waals surface area contributed by atoms with Crippen molar-refractivity contribution in [3.63, 3.8) is 0 Å². The average Bonchev–Trinajstić information content (AvgIpc) is 2.57. The summed E-state index contributed by atoms with van der Waals surface area (Å²) in [6.07, 6.45) is -4.56. The van der Waals surface area contributed by atoms with Crippen LogP contribution in [0.1, 0.15) is 16.7 Å². The fourth-order valence-corrected chi connectivity index (χ4v) is 2.14. The standard InChI is InChI=1S/C17H15F3N2O2/c18-17(19,20)15-9-14(24-8-7-23)5-6-16(15)22-11-13-4-2-1-3-12(13)10-21/h1-6,9,22-23H,7-8,11H2. The van der Waals surface area contributed by atoms with Gasteiger partial charge in [-0.1, -0.05) is 18.2 Å². The first-order valence-corrected chi connectivity index (χ1v) is 7.12. The van der Waals surface area contributed by atoms with E-state index >= 15 is 0 Å². The molecule has 0 aromatic heterocycles. The van der Waals surface area contributed by atoms with Crippen molar-refractivity contribution in [2.45, 2.75) is 12.7 Å². The average molecular weight is 336 g/mol. The van der Waals surface area contributed by atoms with Crippen LogP contribution in [-0.4, -0.2) is 18.3 Å². The molecule has 2 aromatic carbocycles. The summed E-state index contributed by atoms with van der Waals surface area (Å²) in [5, 5.41) is 20.4. The highest BCUT2D eigenvalue weighted by Gasteiger charge is 2.34. The predicted octanol–water partition coefficient (Wildman–Crippen LogP) is 3.56. The van der Waals surface area contributed by atoms with Gasteiger partial charge in [-0.05, 0) is 29.8 Å². The second kappa shape index (κ2) is 7.70. The molecule has 0 radical (unpaired) electrons. The number of nitriles is 1. The van der Waals surface area contributed by atoms with E-state index in [9.17, 15) is 13.2 Å². The number of halogens is 3. The van der Waals surface area contributed by atoms with Crippen LogP contribution in [0.5, 0.6) is 5.75 Å². The van der Waals surface area contributed by atoms with E-state index < -0.39 is 11.7 Å². The first-order chi connectivity index (χ1) is 11.5. The fraction of sp³-hybridized carbons (Fsp3) is 0.235. The maximum Gasteiger partial charge on any atom is 0.418 e. The predicted molar refractivity (Wildman–Crippen MR) is 82.5 cm³/mol. The molecule has 24 heavy (non-hydrogen) atoms. The Morgan fingerprint density at radius 2 is 1.92 bits per heavy atom. The molecule has 126 valence electrons. The van der Waals surface area contributed by atoms with E-state index in [0.29, 0.717) is 11.1 Å². The Bertz CT molecular complexity index is 739. The maximum absolute atomic E-state index is 13.2. The topological polar surface area (TPSA) is 65.3 Å². The molecule has 0 fully saturated rings. The lowest BCUT2D eigenvalue weighted by atomic mass is 10.1. The van der Waals surface area contributed by atoms with E-state index in [-0.39, 0.29) is 31.2 Å². The summed E-state index contributed by atoms with van der Waals surface area (Å²) >= 11 is 0. The van der Waals surface area contributed by atoms with Crippen molar-refractivity contribution in [1.29, 1.82) is 5.26 Å². The fourth-order valence-electron chi connectivity index (χ4n) is 2.14. The quantitative estimate of drug-likeness (QED) is 0.846. The monoisotopic (exact) mass is 336 g/mol. The number of alkyl halides is 3. The lowest BCUT2D eigenvalue weighted by Crippen LogP contribution is -2.12. The number of anilines is 1. The van der Waals surface area contributed by atoms with Gasteiger partial charge >= 0.3 is 6.18 Å². The number of benzene rings is 2. The second-order valence-corrected chi connectivity index (χ2v) is 4.90. The molecule has 0 bridgehead atoms. The number of aliphatic hydroxyl groups excluding tert-OH is 1. The molecule has 0 unspecified atom stereocenters. The first kappa shape index (κ1) is 17.6. The van der Waals surface area contributed by atoms with Crippen LogP contribution in [0.15, 0.2) is 42.5 Å². The molecule has 0 aliphatic rings. The second-order valence-electron chi connectivity index (χ2n) is 4.90. The highest BCUT2D eigenvalue weighted by molar-refractivity contribution is 5.56. The summed E-state index contributed by atoms with van der Waals surface area (Å²) in [7, 11) is 0.